The summed E-state index contributed by atoms with van der Waals surface area (Å²) in [6, 6.07) is 20.5. The van der Waals surface area contributed by atoms with Crippen LogP contribution >= 0.6 is 0 Å². The van der Waals surface area contributed by atoms with Crippen LogP contribution in [0, 0.1) is 0 Å². The van der Waals surface area contributed by atoms with Crippen molar-refractivity contribution in [3.8, 4) is 17.2 Å². The number of phenolic OH excluding ortho intramolecular Hbond substituents is 2. The van der Waals surface area contributed by atoms with Gasteiger partial charge < -0.3 is 30.6 Å². The second-order valence-electron chi connectivity index (χ2n) is 9.06. The highest BCUT2D eigenvalue weighted by atomic mass is 16.5. The van der Waals surface area contributed by atoms with Crippen LogP contribution in [0.25, 0.3) is 10.9 Å². The Labute approximate surface area is 229 Å². The number of hydrogen-bond donors (Lipinski definition) is 5. The lowest BCUT2D eigenvalue weighted by Crippen LogP contribution is -2.26. The number of anilines is 1. The molecule has 10 heteroatoms. The van der Waals surface area contributed by atoms with Crippen molar-refractivity contribution in [3.63, 3.8) is 0 Å². The Morgan fingerprint density at radius 1 is 0.900 bits per heavy atom. The van der Waals surface area contributed by atoms with Gasteiger partial charge in [0.2, 0.25) is 0 Å². The molecular weight excluding hydrogens is 510 g/mol. The quantitative estimate of drug-likeness (QED) is 0.168. The molecule has 40 heavy (non-hydrogen) atoms. The Kier molecular flexibility index (Phi) is 7.87. The maximum Gasteiger partial charge on any atom is 0.272 e. The predicted octanol–water partition coefficient (Wildman–Crippen LogP) is 4.22. The fourth-order valence-electron chi connectivity index (χ4n) is 4.15. The Morgan fingerprint density at radius 2 is 1.77 bits per heavy atom. The second-order valence-corrected chi connectivity index (χ2v) is 9.06. The second kappa shape index (κ2) is 12.0. The van der Waals surface area contributed by atoms with Crippen molar-refractivity contribution in [2.24, 2.45) is 0 Å². The van der Waals surface area contributed by atoms with Crippen LogP contribution in [0.2, 0.25) is 0 Å². The van der Waals surface area contributed by atoms with Crippen LogP contribution in [0.1, 0.15) is 32.1 Å². The zero-order valence-electron chi connectivity index (χ0n) is 21.4. The van der Waals surface area contributed by atoms with E-state index in [0.717, 1.165) is 22.2 Å². The van der Waals surface area contributed by atoms with Crippen molar-refractivity contribution >= 4 is 28.4 Å². The van der Waals surface area contributed by atoms with E-state index in [1.165, 1.54) is 18.5 Å². The minimum atomic E-state index is -0.355. The number of fused-ring (bicyclic) bond motifs is 1. The van der Waals surface area contributed by atoms with Gasteiger partial charge in [0.05, 0.1) is 12.3 Å². The molecule has 202 valence electrons. The summed E-state index contributed by atoms with van der Waals surface area (Å²) >= 11 is 0. The molecular formula is C30H27N5O5. The van der Waals surface area contributed by atoms with Crippen molar-refractivity contribution in [1.82, 2.24) is 20.3 Å². The van der Waals surface area contributed by atoms with Gasteiger partial charge in [-0.2, -0.15) is 0 Å². The lowest BCUT2D eigenvalue weighted by molar-refractivity contribution is 0.0953. The average Bonchev–Trinajstić information content (AvgIpc) is 3.41. The first-order valence-corrected chi connectivity index (χ1v) is 12.7. The maximum absolute atomic E-state index is 13.1. The number of amides is 2. The van der Waals surface area contributed by atoms with E-state index in [0.29, 0.717) is 42.1 Å². The van der Waals surface area contributed by atoms with Crippen molar-refractivity contribution in [1.29, 1.82) is 0 Å². The first-order chi connectivity index (χ1) is 19.5. The molecule has 0 saturated heterocycles. The van der Waals surface area contributed by atoms with Gasteiger partial charge in [-0.05, 0) is 54.1 Å². The summed E-state index contributed by atoms with van der Waals surface area (Å²) in [5, 5.41) is 26.0. The molecule has 0 atom stereocenters. The number of aromatic hydroxyl groups is 2. The van der Waals surface area contributed by atoms with E-state index in [2.05, 4.69) is 25.6 Å². The number of aromatic nitrogens is 3. The van der Waals surface area contributed by atoms with Crippen LogP contribution in [0.3, 0.4) is 0 Å². The van der Waals surface area contributed by atoms with E-state index >= 15 is 0 Å². The lowest BCUT2D eigenvalue weighted by Gasteiger charge is -2.14. The highest BCUT2D eigenvalue weighted by molar-refractivity contribution is 6.07. The van der Waals surface area contributed by atoms with Gasteiger partial charge in [-0.25, -0.2) is 9.97 Å². The summed E-state index contributed by atoms with van der Waals surface area (Å²) in [6.45, 7) is 0.577. The third kappa shape index (κ3) is 6.36. The zero-order chi connectivity index (χ0) is 27.9. The number of para-hydroxylation sites is 1. The van der Waals surface area contributed by atoms with E-state index in [1.54, 1.807) is 42.6 Å². The number of aromatic amines is 1. The number of phenols is 2. The fourth-order valence-corrected chi connectivity index (χ4v) is 4.15. The van der Waals surface area contributed by atoms with Crippen molar-refractivity contribution in [2.75, 3.05) is 18.5 Å². The number of nitrogens with one attached hydrogen (secondary N) is 3. The largest absolute Gasteiger partial charge is 0.504 e. The van der Waals surface area contributed by atoms with Gasteiger partial charge in [0, 0.05) is 47.7 Å². The van der Waals surface area contributed by atoms with Gasteiger partial charge in [-0.3, -0.25) is 9.59 Å². The molecule has 0 unspecified atom stereocenters. The molecule has 2 heterocycles. The number of carbonyl (C=O) groups is 2. The lowest BCUT2D eigenvalue weighted by atomic mass is 10.1. The third-order valence-electron chi connectivity index (χ3n) is 6.26. The molecule has 0 fully saturated rings. The van der Waals surface area contributed by atoms with Crippen molar-refractivity contribution in [2.45, 2.75) is 12.8 Å². The SMILES string of the molecule is O=C(NCCc1ccncn1)c1ccc(NC(=O)c2cc3ccccc3[nH]2)c(OCCc2ccc(O)c(O)c2)c1. The van der Waals surface area contributed by atoms with Crippen LogP contribution in [-0.4, -0.2) is 50.1 Å². The fraction of sp³-hybridized carbons (Fsp3) is 0.133. The number of nitrogens with zero attached hydrogens (tertiary/aromatic N) is 2. The molecule has 5 aromatic rings. The number of rotatable bonds is 10. The Hall–Kier alpha value is -5.38. The standard InChI is InChI=1S/C30H27N5O5/c36-26-8-5-19(15-27(26)37)11-14-40-28-17-21(29(38)32-13-10-22-9-12-31-18-33-22)6-7-24(28)35-30(39)25-16-20-3-1-2-4-23(20)34-25/h1-9,12,15-18,34,36-37H,10-11,13-14H2,(H,32,38)(H,35,39). The Bertz CT molecular complexity index is 1620. The molecule has 0 spiro atoms. The zero-order valence-corrected chi connectivity index (χ0v) is 21.4. The van der Waals surface area contributed by atoms with Gasteiger partial charge in [0.25, 0.3) is 11.8 Å². The van der Waals surface area contributed by atoms with Crippen LogP contribution in [0.15, 0.2) is 85.3 Å². The van der Waals surface area contributed by atoms with E-state index in [4.69, 9.17) is 4.74 Å². The van der Waals surface area contributed by atoms with E-state index in [-0.39, 0.29) is 29.9 Å². The summed E-state index contributed by atoms with van der Waals surface area (Å²) in [6.07, 6.45) is 4.08. The Balaban J connectivity index is 1.31. The molecule has 3 aromatic carbocycles. The number of hydrogen-bond acceptors (Lipinski definition) is 7. The number of H-pyrrole nitrogens is 1. The van der Waals surface area contributed by atoms with Crippen molar-refractivity contribution < 1.29 is 24.5 Å². The number of benzene rings is 3. The molecule has 0 aliphatic rings. The predicted molar refractivity (Wildman–Crippen MR) is 150 cm³/mol. The van der Waals surface area contributed by atoms with Gasteiger partial charge >= 0.3 is 0 Å². The van der Waals surface area contributed by atoms with E-state index < -0.39 is 0 Å². The van der Waals surface area contributed by atoms with E-state index in [9.17, 15) is 19.8 Å². The molecule has 0 aliphatic heterocycles. The summed E-state index contributed by atoms with van der Waals surface area (Å²) in [5.74, 6) is -0.757. The third-order valence-corrected chi connectivity index (χ3v) is 6.26. The van der Waals surface area contributed by atoms with Gasteiger partial charge in [-0.1, -0.05) is 24.3 Å². The van der Waals surface area contributed by atoms with E-state index in [1.807, 2.05) is 24.3 Å². The summed E-state index contributed by atoms with van der Waals surface area (Å²) in [7, 11) is 0. The van der Waals surface area contributed by atoms with Gasteiger partial charge in [0.1, 0.15) is 17.8 Å². The van der Waals surface area contributed by atoms with Crippen molar-refractivity contribution in [3.05, 3.63) is 108 Å². The average molecular weight is 538 g/mol. The minimum Gasteiger partial charge on any atom is -0.504 e. The minimum absolute atomic E-state index is 0.193. The topological polar surface area (TPSA) is 149 Å². The molecule has 0 saturated carbocycles. The molecule has 2 amide bonds. The maximum atomic E-state index is 13.1. The van der Waals surface area contributed by atoms with Gasteiger partial charge in [0.15, 0.2) is 11.5 Å². The van der Waals surface area contributed by atoms with Gasteiger partial charge in [-0.15, -0.1) is 0 Å². The molecule has 5 N–H and O–H groups in total. The molecule has 0 radical (unpaired) electrons. The summed E-state index contributed by atoms with van der Waals surface area (Å²) < 4.78 is 6.01. The van der Waals surface area contributed by atoms with Crippen LogP contribution in [0.4, 0.5) is 5.69 Å². The Morgan fingerprint density at radius 3 is 2.58 bits per heavy atom. The smallest absolute Gasteiger partial charge is 0.272 e. The molecule has 5 rings (SSSR count). The summed E-state index contributed by atoms with van der Waals surface area (Å²) in [5.41, 5.74) is 3.55. The highest BCUT2D eigenvalue weighted by Crippen LogP contribution is 2.28. The molecule has 2 aromatic heterocycles. The molecule has 0 aliphatic carbocycles. The first-order valence-electron chi connectivity index (χ1n) is 12.7. The number of carbonyl (C=O) groups excluding carboxylic acids is 2. The molecule has 0 bridgehead atoms. The van der Waals surface area contributed by atoms with Crippen LogP contribution in [0.5, 0.6) is 17.2 Å². The molecule has 10 nitrogen and oxygen atoms in total. The number of ether oxygens (including phenoxy) is 1. The summed E-state index contributed by atoms with van der Waals surface area (Å²) in [4.78, 5) is 37.1. The highest BCUT2D eigenvalue weighted by Gasteiger charge is 2.16. The van der Waals surface area contributed by atoms with Crippen LogP contribution < -0.4 is 15.4 Å². The monoisotopic (exact) mass is 537 g/mol. The van der Waals surface area contributed by atoms with Crippen LogP contribution in [-0.2, 0) is 12.8 Å². The first kappa shape index (κ1) is 26.2. The normalized spacial score (nSPS) is 10.8.